The second-order valence-corrected chi connectivity index (χ2v) is 3.05. The van der Waals surface area contributed by atoms with Crippen LogP contribution in [0.25, 0.3) is 0 Å². The van der Waals surface area contributed by atoms with Gasteiger partial charge in [-0.15, -0.1) is 0 Å². The van der Waals surface area contributed by atoms with Crippen molar-refractivity contribution in [2.45, 2.75) is 32.2 Å². The highest BCUT2D eigenvalue weighted by molar-refractivity contribution is 5.37. The van der Waals surface area contributed by atoms with Gasteiger partial charge in [-0.3, -0.25) is 5.10 Å². The van der Waals surface area contributed by atoms with Crippen molar-refractivity contribution in [3.05, 3.63) is 11.8 Å². The fourth-order valence-corrected chi connectivity index (χ4v) is 1.05. The first kappa shape index (κ1) is 6.70. The maximum atomic E-state index is 4.13. The molecule has 1 saturated carbocycles. The first-order chi connectivity index (χ1) is 5.38. The van der Waals surface area contributed by atoms with E-state index in [0.717, 1.165) is 12.2 Å². The predicted octanol–water partition coefficient (Wildman–Crippen LogP) is 1.55. The summed E-state index contributed by atoms with van der Waals surface area (Å²) in [7, 11) is 0. The monoisotopic (exact) mass is 151 g/mol. The van der Waals surface area contributed by atoms with Crippen LogP contribution in [0, 0.1) is 0 Å². The molecule has 60 valence electrons. The van der Waals surface area contributed by atoms with Crippen LogP contribution in [-0.4, -0.2) is 16.2 Å². The van der Waals surface area contributed by atoms with Crippen LogP contribution in [0.2, 0.25) is 0 Å². The van der Waals surface area contributed by atoms with Crippen LogP contribution in [0.3, 0.4) is 0 Å². The van der Waals surface area contributed by atoms with Gasteiger partial charge in [0.25, 0.3) is 0 Å². The Morgan fingerprint density at radius 2 is 2.55 bits per heavy atom. The quantitative estimate of drug-likeness (QED) is 0.688. The van der Waals surface area contributed by atoms with Gasteiger partial charge in [0.2, 0.25) is 0 Å². The lowest BCUT2D eigenvalue weighted by molar-refractivity contribution is 0.969. The highest BCUT2D eigenvalue weighted by Gasteiger charge is 2.21. The Bertz CT molecular complexity index is 237. The summed E-state index contributed by atoms with van der Waals surface area (Å²) in [5.41, 5.74) is 1.20. The Hall–Kier alpha value is -0.990. The third-order valence-electron chi connectivity index (χ3n) is 1.94. The summed E-state index contributed by atoms with van der Waals surface area (Å²) in [6.45, 7) is 2.12. The first-order valence-corrected chi connectivity index (χ1v) is 4.19. The summed E-state index contributed by atoms with van der Waals surface area (Å²) >= 11 is 0. The summed E-state index contributed by atoms with van der Waals surface area (Å²) in [4.78, 5) is 0. The SMILES string of the molecule is CCc1cc(NC2CC2)n[nH]1. The standard InChI is InChI=1S/C8H13N3/c1-2-6-5-8(11-10-6)9-7-3-4-7/h5,7H,2-4H2,1H3,(H2,9,10,11). The van der Waals surface area contributed by atoms with E-state index in [4.69, 9.17) is 0 Å². The molecule has 0 amide bonds. The number of aromatic nitrogens is 2. The number of H-pyrrole nitrogens is 1. The van der Waals surface area contributed by atoms with Crippen molar-refractivity contribution in [3.8, 4) is 0 Å². The zero-order valence-corrected chi connectivity index (χ0v) is 6.72. The van der Waals surface area contributed by atoms with Gasteiger partial charge in [-0.1, -0.05) is 6.92 Å². The van der Waals surface area contributed by atoms with E-state index in [1.54, 1.807) is 0 Å². The van der Waals surface area contributed by atoms with Gasteiger partial charge in [0, 0.05) is 17.8 Å². The number of nitrogens with zero attached hydrogens (tertiary/aromatic N) is 1. The molecular formula is C8H13N3. The predicted molar refractivity (Wildman–Crippen MR) is 44.6 cm³/mol. The van der Waals surface area contributed by atoms with Crippen molar-refractivity contribution in [2.75, 3.05) is 5.32 Å². The minimum Gasteiger partial charge on any atom is -0.366 e. The molecule has 0 aliphatic heterocycles. The summed E-state index contributed by atoms with van der Waals surface area (Å²) in [6, 6.07) is 2.78. The summed E-state index contributed by atoms with van der Waals surface area (Å²) in [5, 5.41) is 10.4. The molecule has 1 aliphatic carbocycles. The Balaban J connectivity index is 1.99. The molecule has 1 aliphatic rings. The lowest BCUT2D eigenvalue weighted by Crippen LogP contribution is -2.00. The van der Waals surface area contributed by atoms with E-state index in [1.807, 2.05) is 0 Å². The average molecular weight is 151 g/mol. The minimum absolute atomic E-state index is 0.697. The molecule has 0 spiro atoms. The van der Waals surface area contributed by atoms with Crippen molar-refractivity contribution in [2.24, 2.45) is 0 Å². The molecule has 0 saturated heterocycles. The molecule has 0 bridgehead atoms. The highest BCUT2D eigenvalue weighted by atomic mass is 15.2. The second-order valence-electron chi connectivity index (χ2n) is 3.05. The van der Waals surface area contributed by atoms with E-state index in [-0.39, 0.29) is 0 Å². The molecule has 1 aromatic rings. The van der Waals surface area contributed by atoms with Gasteiger partial charge in [-0.05, 0) is 19.3 Å². The molecule has 11 heavy (non-hydrogen) atoms. The van der Waals surface area contributed by atoms with Gasteiger partial charge < -0.3 is 5.32 Å². The Kier molecular flexibility index (Phi) is 1.56. The molecule has 1 fully saturated rings. The maximum absolute atomic E-state index is 4.13. The molecule has 0 aromatic carbocycles. The lowest BCUT2D eigenvalue weighted by Gasteiger charge is -1.95. The maximum Gasteiger partial charge on any atom is 0.148 e. The third-order valence-corrected chi connectivity index (χ3v) is 1.94. The van der Waals surface area contributed by atoms with Crippen molar-refractivity contribution < 1.29 is 0 Å². The van der Waals surface area contributed by atoms with E-state index >= 15 is 0 Å². The average Bonchev–Trinajstić information content (AvgIpc) is 2.68. The number of rotatable bonds is 3. The van der Waals surface area contributed by atoms with Gasteiger partial charge >= 0.3 is 0 Å². The molecule has 0 radical (unpaired) electrons. The number of aromatic amines is 1. The van der Waals surface area contributed by atoms with Crippen molar-refractivity contribution >= 4 is 5.82 Å². The molecule has 3 heteroatoms. The smallest absolute Gasteiger partial charge is 0.148 e. The fourth-order valence-electron chi connectivity index (χ4n) is 1.05. The van der Waals surface area contributed by atoms with Crippen LogP contribution in [0.15, 0.2) is 6.07 Å². The van der Waals surface area contributed by atoms with Crippen LogP contribution in [0.1, 0.15) is 25.5 Å². The normalized spacial score (nSPS) is 16.8. The minimum atomic E-state index is 0.697. The first-order valence-electron chi connectivity index (χ1n) is 4.19. The van der Waals surface area contributed by atoms with Gasteiger partial charge in [-0.2, -0.15) is 5.10 Å². The molecular weight excluding hydrogens is 138 g/mol. The summed E-state index contributed by atoms with van der Waals surface area (Å²) in [6.07, 6.45) is 3.63. The van der Waals surface area contributed by atoms with Gasteiger partial charge in [0.05, 0.1) is 0 Å². The molecule has 2 N–H and O–H groups in total. The molecule has 2 rings (SSSR count). The van der Waals surface area contributed by atoms with Crippen LogP contribution >= 0.6 is 0 Å². The Morgan fingerprint density at radius 3 is 3.09 bits per heavy atom. The number of hydrogen-bond donors (Lipinski definition) is 2. The number of nitrogens with one attached hydrogen (secondary N) is 2. The van der Waals surface area contributed by atoms with Crippen LogP contribution in [0.5, 0.6) is 0 Å². The van der Waals surface area contributed by atoms with Gasteiger partial charge in [0.15, 0.2) is 0 Å². The zero-order valence-electron chi connectivity index (χ0n) is 6.72. The summed E-state index contributed by atoms with van der Waals surface area (Å²) < 4.78 is 0. The Labute approximate surface area is 66.2 Å². The van der Waals surface area contributed by atoms with Gasteiger partial charge in [0.1, 0.15) is 5.82 Å². The summed E-state index contributed by atoms with van der Waals surface area (Å²) in [5.74, 6) is 1.00. The number of aryl methyl sites for hydroxylation is 1. The van der Waals surface area contributed by atoms with Gasteiger partial charge in [-0.25, -0.2) is 0 Å². The molecule has 1 aromatic heterocycles. The molecule has 1 heterocycles. The zero-order chi connectivity index (χ0) is 7.68. The third kappa shape index (κ3) is 1.53. The van der Waals surface area contributed by atoms with E-state index in [9.17, 15) is 0 Å². The fraction of sp³-hybridized carbons (Fsp3) is 0.625. The van der Waals surface area contributed by atoms with E-state index in [2.05, 4.69) is 28.5 Å². The van der Waals surface area contributed by atoms with E-state index in [1.165, 1.54) is 18.5 Å². The lowest BCUT2D eigenvalue weighted by atomic mass is 10.3. The van der Waals surface area contributed by atoms with Crippen LogP contribution < -0.4 is 5.32 Å². The number of anilines is 1. The topological polar surface area (TPSA) is 40.7 Å². The van der Waals surface area contributed by atoms with Crippen molar-refractivity contribution in [1.82, 2.24) is 10.2 Å². The van der Waals surface area contributed by atoms with Crippen LogP contribution in [-0.2, 0) is 6.42 Å². The van der Waals surface area contributed by atoms with Crippen LogP contribution in [0.4, 0.5) is 5.82 Å². The Morgan fingerprint density at radius 1 is 1.73 bits per heavy atom. The second kappa shape index (κ2) is 2.57. The van der Waals surface area contributed by atoms with Crippen molar-refractivity contribution in [3.63, 3.8) is 0 Å². The molecule has 3 nitrogen and oxygen atoms in total. The number of hydrogen-bond acceptors (Lipinski definition) is 2. The molecule has 0 unspecified atom stereocenters. The molecule has 0 atom stereocenters. The van der Waals surface area contributed by atoms with E-state index < -0.39 is 0 Å². The van der Waals surface area contributed by atoms with Crippen molar-refractivity contribution in [1.29, 1.82) is 0 Å². The highest BCUT2D eigenvalue weighted by Crippen LogP contribution is 2.23. The van der Waals surface area contributed by atoms with E-state index in [0.29, 0.717) is 6.04 Å². The largest absolute Gasteiger partial charge is 0.366 e.